The third kappa shape index (κ3) is 6.38. The first-order chi connectivity index (χ1) is 9.13. The number of halogens is 1. The fourth-order valence-electron chi connectivity index (χ4n) is 1.59. The molecule has 5 heteroatoms. The number of carbonyl (C=O) groups excluding carboxylic acids is 2. The third-order valence-electron chi connectivity index (χ3n) is 2.64. The van der Waals surface area contributed by atoms with Crippen LogP contribution in [0.15, 0.2) is 30.3 Å². The Morgan fingerprint density at radius 2 is 1.89 bits per heavy atom. The average Bonchev–Trinajstić information content (AvgIpc) is 2.39. The number of anilines is 1. The standard InChI is InChI=1S/C14H19BrN2O2/c1-17(14(19)9-5-6-10-15)11-13(18)16-12-7-3-2-4-8-12/h2-4,7-8H,5-6,9-11H2,1H3,(H,16,18). The molecule has 0 heterocycles. The number of unbranched alkanes of at least 4 members (excludes halogenated alkanes) is 1. The summed E-state index contributed by atoms with van der Waals surface area (Å²) in [5.74, 6) is -0.174. The predicted octanol–water partition coefficient (Wildman–Crippen LogP) is 2.65. The molecule has 1 aromatic rings. The van der Waals surface area contributed by atoms with Crippen molar-refractivity contribution in [2.24, 2.45) is 0 Å². The maximum absolute atomic E-state index is 11.7. The van der Waals surface area contributed by atoms with Gasteiger partial charge in [0.2, 0.25) is 11.8 Å². The van der Waals surface area contributed by atoms with Crippen molar-refractivity contribution in [2.45, 2.75) is 19.3 Å². The number of amides is 2. The maximum Gasteiger partial charge on any atom is 0.243 e. The van der Waals surface area contributed by atoms with Crippen LogP contribution in [0.3, 0.4) is 0 Å². The van der Waals surface area contributed by atoms with Crippen molar-refractivity contribution in [1.82, 2.24) is 4.90 Å². The molecule has 0 aliphatic heterocycles. The SMILES string of the molecule is CN(CC(=O)Nc1ccccc1)C(=O)CCCCBr. The highest BCUT2D eigenvalue weighted by Gasteiger charge is 2.12. The maximum atomic E-state index is 11.7. The summed E-state index contributed by atoms with van der Waals surface area (Å²) in [5, 5.41) is 3.66. The van der Waals surface area contributed by atoms with Crippen LogP contribution in [-0.4, -0.2) is 35.6 Å². The van der Waals surface area contributed by atoms with E-state index < -0.39 is 0 Å². The van der Waals surface area contributed by atoms with Gasteiger partial charge in [-0.1, -0.05) is 34.1 Å². The second kappa shape index (κ2) is 8.69. The fourth-order valence-corrected chi connectivity index (χ4v) is 1.98. The number of rotatable bonds is 7. The van der Waals surface area contributed by atoms with Crippen LogP contribution >= 0.6 is 15.9 Å². The molecule has 1 rings (SSSR count). The Balaban J connectivity index is 2.33. The second-order valence-electron chi connectivity index (χ2n) is 4.31. The van der Waals surface area contributed by atoms with Crippen LogP contribution in [0, 0.1) is 0 Å². The van der Waals surface area contributed by atoms with Crippen LogP contribution in [0.2, 0.25) is 0 Å². The summed E-state index contributed by atoms with van der Waals surface area (Å²) in [4.78, 5) is 24.9. The number of hydrogen-bond acceptors (Lipinski definition) is 2. The first-order valence-electron chi connectivity index (χ1n) is 6.28. The monoisotopic (exact) mass is 326 g/mol. The van der Waals surface area contributed by atoms with Crippen LogP contribution in [0.4, 0.5) is 5.69 Å². The normalized spacial score (nSPS) is 10.0. The van der Waals surface area contributed by atoms with Gasteiger partial charge in [-0.3, -0.25) is 9.59 Å². The van der Waals surface area contributed by atoms with Crippen molar-refractivity contribution >= 4 is 33.4 Å². The Kier molecular flexibility index (Phi) is 7.18. The van der Waals surface area contributed by atoms with Crippen LogP contribution in [-0.2, 0) is 9.59 Å². The van der Waals surface area contributed by atoms with Crippen LogP contribution < -0.4 is 5.32 Å². The smallest absolute Gasteiger partial charge is 0.243 e. The molecule has 0 aliphatic rings. The predicted molar refractivity (Wildman–Crippen MR) is 80.4 cm³/mol. The summed E-state index contributed by atoms with van der Waals surface area (Å²) in [6.07, 6.45) is 2.30. The summed E-state index contributed by atoms with van der Waals surface area (Å²) >= 11 is 3.32. The highest BCUT2D eigenvalue weighted by atomic mass is 79.9. The van der Waals surface area contributed by atoms with E-state index >= 15 is 0 Å². The lowest BCUT2D eigenvalue weighted by Crippen LogP contribution is -2.34. The van der Waals surface area contributed by atoms with E-state index in [1.54, 1.807) is 7.05 Å². The zero-order chi connectivity index (χ0) is 14.1. The molecule has 0 fully saturated rings. The highest BCUT2D eigenvalue weighted by Crippen LogP contribution is 2.05. The lowest BCUT2D eigenvalue weighted by Gasteiger charge is -2.16. The number of hydrogen-bond donors (Lipinski definition) is 1. The molecule has 0 aromatic heterocycles. The minimum absolute atomic E-state index is 0.00385. The Morgan fingerprint density at radius 1 is 1.21 bits per heavy atom. The molecule has 0 atom stereocenters. The number of nitrogens with one attached hydrogen (secondary N) is 1. The minimum Gasteiger partial charge on any atom is -0.336 e. The van der Waals surface area contributed by atoms with Crippen LogP contribution in [0.5, 0.6) is 0 Å². The lowest BCUT2D eigenvalue weighted by atomic mass is 10.2. The van der Waals surface area contributed by atoms with Gasteiger partial charge in [0.05, 0.1) is 6.54 Å². The molecule has 1 N–H and O–H groups in total. The zero-order valence-corrected chi connectivity index (χ0v) is 12.6. The third-order valence-corrected chi connectivity index (χ3v) is 3.20. The Hall–Kier alpha value is -1.36. The van der Waals surface area contributed by atoms with Gasteiger partial charge in [0.1, 0.15) is 0 Å². The molecule has 0 unspecified atom stereocenters. The molecule has 2 amide bonds. The van der Waals surface area contributed by atoms with Gasteiger partial charge in [-0.15, -0.1) is 0 Å². The second-order valence-corrected chi connectivity index (χ2v) is 5.10. The summed E-state index contributed by atoms with van der Waals surface area (Å²) in [5.41, 5.74) is 0.743. The molecule has 19 heavy (non-hydrogen) atoms. The summed E-state index contributed by atoms with van der Waals surface area (Å²) in [6.45, 7) is 0.0854. The number of benzene rings is 1. The van der Waals surface area contributed by atoms with E-state index in [-0.39, 0.29) is 18.4 Å². The molecule has 1 aromatic carbocycles. The summed E-state index contributed by atoms with van der Waals surface area (Å²) in [6, 6.07) is 9.22. The fraction of sp³-hybridized carbons (Fsp3) is 0.429. The largest absolute Gasteiger partial charge is 0.336 e. The van der Waals surface area contributed by atoms with Gasteiger partial charge < -0.3 is 10.2 Å². The topological polar surface area (TPSA) is 49.4 Å². The molecule has 0 radical (unpaired) electrons. The molecule has 4 nitrogen and oxygen atoms in total. The lowest BCUT2D eigenvalue weighted by molar-refractivity contribution is -0.133. The number of likely N-dealkylation sites (N-methyl/N-ethyl adjacent to an activating group) is 1. The minimum atomic E-state index is -0.178. The van der Waals surface area contributed by atoms with E-state index in [0.717, 1.165) is 23.9 Å². The van der Waals surface area contributed by atoms with E-state index in [4.69, 9.17) is 0 Å². The van der Waals surface area contributed by atoms with Gasteiger partial charge in [0, 0.05) is 24.5 Å². The molecule has 0 bridgehead atoms. The van der Waals surface area contributed by atoms with E-state index in [1.165, 1.54) is 4.90 Å². The van der Waals surface area contributed by atoms with Gasteiger partial charge in [-0.05, 0) is 25.0 Å². The first-order valence-corrected chi connectivity index (χ1v) is 7.40. The molecule has 0 aliphatic carbocycles. The summed E-state index contributed by atoms with van der Waals surface area (Å²) < 4.78 is 0. The zero-order valence-electron chi connectivity index (χ0n) is 11.1. The van der Waals surface area contributed by atoms with Gasteiger partial charge in [0.15, 0.2) is 0 Å². The quantitative estimate of drug-likeness (QED) is 0.618. The van der Waals surface area contributed by atoms with Crippen molar-refractivity contribution in [3.8, 4) is 0 Å². The van der Waals surface area contributed by atoms with Crippen molar-refractivity contribution in [3.05, 3.63) is 30.3 Å². The molecule has 104 valence electrons. The molecular formula is C14H19BrN2O2. The van der Waals surface area contributed by atoms with E-state index in [1.807, 2.05) is 30.3 Å². The van der Waals surface area contributed by atoms with Crippen LogP contribution in [0.25, 0.3) is 0 Å². The Morgan fingerprint density at radius 3 is 2.53 bits per heavy atom. The number of para-hydroxylation sites is 1. The van der Waals surface area contributed by atoms with E-state index in [9.17, 15) is 9.59 Å². The van der Waals surface area contributed by atoms with Crippen molar-refractivity contribution in [1.29, 1.82) is 0 Å². The van der Waals surface area contributed by atoms with Crippen molar-refractivity contribution in [3.63, 3.8) is 0 Å². The first kappa shape index (κ1) is 15.7. The Labute approximate surface area is 122 Å². The van der Waals surface area contributed by atoms with Gasteiger partial charge in [-0.25, -0.2) is 0 Å². The van der Waals surface area contributed by atoms with Crippen LogP contribution in [0.1, 0.15) is 19.3 Å². The van der Waals surface area contributed by atoms with E-state index in [2.05, 4.69) is 21.2 Å². The molecule has 0 saturated carbocycles. The number of carbonyl (C=O) groups is 2. The number of nitrogens with zero attached hydrogens (tertiary/aromatic N) is 1. The van der Waals surface area contributed by atoms with E-state index in [0.29, 0.717) is 6.42 Å². The van der Waals surface area contributed by atoms with Gasteiger partial charge >= 0.3 is 0 Å². The molecule has 0 saturated heterocycles. The van der Waals surface area contributed by atoms with Gasteiger partial charge in [0.25, 0.3) is 0 Å². The Bertz CT molecular complexity index is 409. The highest BCUT2D eigenvalue weighted by molar-refractivity contribution is 9.09. The summed E-state index contributed by atoms with van der Waals surface area (Å²) in [7, 11) is 1.65. The molecule has 0 spiro atoms. The van der Waals surface area contributed by atoms with Crippen molar-refractivity contribution < 1.29 is 9.59 Å². The van der Waals surface area contributed by atoms with Crippen molar-refractivity contribution in [2.75, 3.05) is 24.2 Å². The molecular weight excluding hydrogens is 308 g/mol. The number of alkyl halides is 1. The van der Waals surface area contributed by atoms with Gasteiger partial charge in [-0.2, -0.15) is 0 Å². The average molecular weight is 327 g/mol.